The van der Waals surface area contributed by atoms with E-state index in [1.54, 1.807) is 38.6 Å². The molecule has 78 heavy (non-hydrogen) atoms. The van der Waals surface area contributed by atoms with E-state index in [4.69, 9.17) is 9.47 Å². The zero-order valence-electron chi connectivity index (χ0n) is 44.4. The third-order valence-corrected chi connectivity index (χ3v) is 17.1. The highest BCUT2D eigenvalue weighted by Gasteiger charge is 2.48. The predicted molar refractivity (Wildman–Crippen MR) is 308 cm³/mol. The van der Waals surface area contributed by atoms with Crippen LogP contribution in [0.4, 0.5) is 0 Å². The highest BCUT2D eigenvalue weighted by molar-refractivity contribution is 8.00. The van der Waals surface area contributed by atoms with Gasteiger partial charge in [0.15, 0.2) is 0 Å². The number of nitrogens with one attached hydrogen (secondary N) is 4. The molecular weight excluding hydrogens is 1020 g/mol. The maximum absolute atomic E-state index is 14.9. The Balaban J connectivity index is 1.09. The van der Waals surface area contributed by atoms with E-state index in [0.717, 1.165) is 33.4 Å². The molecule has 2 aliphatic rings. The molecule has 1 aliphatic carbocycles. The van der Waals surface area contributed by atoms with E-state index in [1.807, 2.05) is 152 Å². The van der Waals surface area contributed by atoms with E-state index < -0.39 is 80.9 Å². The smallest absolute Gasteiger partial charge is 0.326 e. The molecule has 8 rings (SSSR count). The molecule has 404 valence electrons. The van der Waals surface area contributed by atoms with Crippen LogP contribution in [0.1, 0.15) is 99.1 Å². The Labute approximate surface area is 466 Å². The molecule has 1 saturated carbocycles. The van der Waals surface area contributed by atoms with E-state index in [9.17, 15) is 28.8 Å². The van der Waals surface area contributed by atoms with Gasteiger partial charge in [-0.2, -0.15) is 0 Å². The molecule has 0 bridgehead atoms. The van der Waals surface area contributed by atoms with Crippen LogP contribution >= 0.6 is 23.5 Å². The monoisotopic (exact) mass is 1080 g/mol. The molecule has 3 atom stereocenters. The van der Waals surface area contributed by atoms with Crippen molar-refractivity contribution in [2.45, 2.75) is 105 Å². The third-order valence-electron chi connectivity index (χ3n) is 13.9. The molecule has 1 saturated heterocycles. The van der Waals surface area contributed by atoms with Crippen molar-refractivity contribution in [1.82, 2.24) is 21.3 Å². The Hall–Kier alpha value is -7.42. The molecule has 12 nitrogen and oxygen atoms in total. The van der Waals surface area contributed by atoms with Crippen molar-refractivity contribution in [3.05, 3.63) is 228 Å². The van der Waals surface area contributed by atoms with Crippen LogP contribution in [-0.4, -0.2) is 82.9 Å². The topological polar surface area (TPSA) is 169 Å². The molecule has 0 radical (unpaired) electrons. The van der Waals surface area contributed by atoms with E-state index in [0.29, 0.717) is 31.4 Å². The molecule has 1 aliphatic heterocycles. The van der Waals surface area contributed by atoms with Gasteiger partial charge in [-0.1, -0.05) is 188 Å². The number of amides is 4. The maximum atomic E-state index is 14.9. The summed E-state index contributed by atoms with van der Waals surface area (Å²) in [5.41, 5.74) is 3.94. The molecule has 1 heterocycles. The van der Waals surface area contributed by atoms with Gasteiger partial charge in [-0.3, -0.25) is 28.8 Å². The summed E-state index contributed by atoms with van der Waals surface area (Å²) in [4.78, 5) is 85.1. The lowest BCUT2D eigenvalue weighted by molar-refractivity contribution is -0.155. The fourth-order valence-corrected chi connectivity index (χ4v) is 13.1. The van der Waals surface area contributed by atoms with Crippen molar-refractivity contribution in [3.63, 3.8) is 0 Å². The number of benzene rings is 6. The second-order valence-corrected chi connectivity index (χ2v) is 23.1. The summed E-state index contributed by atoms with van der Waals surface area (Å²) in [7, 11) is 0. The fraction of sp³-hybridized carbons (Fsp3) is 0.312. The summed E-state index contributed by atoms with van der Waals surface area (Å²) in [5, 5.41) is 11.5. The number of allylic oxidation sites excluding steroid dienone is 1. The molecule has 14 heteroatoms. The van der Waals surface area contributed by atoms with Gasteiger partial charge in [0, 0.05) is 12.2 Å². The largest absolute Gasteiger partial charge is 0.460 e. The molecule has 6 aromatic carbocycles. The van der Waals surface area contributed by atoms with Crippen molar-refractivity contribution in [2.75, 3.05) is 18.1 Å². The molecule has 4 N–H and O–H groups in total. The number of carbonyl (C=O) groups excluding carboxylic acids is 6. The number of thioether (sulfide) groups is 2. The van der Waals surface area contributed by atoms with Gasteiger partial charge in [0.2, 0.25) is 23.6 Å². The Kier molecular flexibility index (Phi) is 19.1. The van der Waals surface area contributed by atoms with Crippen LogP contribution in [-0.2, 0) is 47.7 Å². The van der Waals surface area contributed by atoms with Crippen molar-refractivity contribution < 1.29 is 38.2 Å². The van der Waals surface area contributed by atoms with Gasteiger partial charge in [-0.15, -0.1) is 23.5 Å². The van der Waals surface area contributed by atoms with Crippen molar-refractivity contribution >= 4 is 59.1 Å². The number of hydrogen-bond acceptors (Lipinski definition) is 10. The van der Waals surface area contributed by atoms with Gasteiger partial charge < -0.3 is 30.7 Å². The highest BCUT2D eigenvalue weighted by atomic mass is 32.2. The number of cyclic esters (lactones) is 1. The first-order chi connectivity index (χ1) is 37.7. The van der Waals surface area contributed by atoms with Crippen molar-refractivity contribution in [1.29, 1.82) is 0 Å². The normalized spacial score (nSPS) is 18.7. The Morgan fingerprint density at radius 2 is 1.06 bits per heavy atom. The number of ether oxygens (including phenoxy) is 2. The zero-order chi connectivity index (χ0) is 55.0. The second kappa shape index (κ2) is 26.3. The minimum absolute atomic E-state index is 0.00132. The average Bonchev–Trinajstić information content (AvgIpc) is 3.52. The summed E-state index contributed by atoms with van der Waals surface area (Å²) in [6.07, 6.45) is 3.38. The lowest BCUT2D eigenvalue weighted by Gasteiger charge is -2.42. The van der Waals surface area contributed by atoms with Gasteiger partial charge in [-0.05, 0) is 98.1 Å². The van der Waals surface area contributed by atoms with Crippen molar-refractivity contribution in [2.24, 2.45) is 0 Å². The summed E-state index contributed by atoms with van der Waals surface area (Å²) < 4.78 is 10.0. The second-order valence-electron chi connectivity index (χ2n) is 20.6. The number of esters is 2. The summed E-state index contributed by atoms with van der Waals surface area (Å²) >= 11 is 3.21. The van der Waals surface area contributed by atoms with Gasteiger partial charge in [0.1, 0.15) is 35.9 Å². The predicted octanol–water partition coefficient (Wildman–Crippen LogP) is 9.95. The highest BCUT2D eigenvalue weighted by Crippen LogP contribution is 2.50. The van der Waals surface area contributed by atoms with Crippen LogP contribution in [0.3, 0.4) is 0 Å². The van der Waals surface area contributed by atoms with E-state index in [2.05, 4.69) is 57.7 Å². The van der Waals surface area contributed by atoms with Crippen LogP contribution in [0, 0.1) is 0 Å². The Morgan fingerprint density at radius 3 is 1.49 bits per heavy atom. The van der Waals surface area contributed by atoms with E-state index in [-0.39, 0.29) is 25.0 Å². The molecule has 0 aromatic heterocycles. The first-order valence-electron chi connectivity index (χ1n) is 26.6. The number of hydrogen-bond donors (Lipinski definition) is 4. The molecule has 0 unspecified atom stereocenters. The summed E-state index contributed by atoms with van der Waals surface area (Å²) in [6.45, 7) is 4.69. The first kappa shape index (κ1) is 56.8. The summed E-state index contributed by atoms with van der Waals surface area (Å²) in [6, 6.07) is 58.2. The first-order valence-corrected chi connectivity index (χ1v) is 28.6. The minimum Gasteiger partial charge on any atom is -0.460 e. The number of rotatable bonds is 17. The van der Waals surface area contributed by atoms with Gasteiger partial charge in [-0.25, -0.2) is 0 Å². The zero-order valence-corrected chi connectivity index (χ0v) is 46.0. The molecule has 6 aromatic rings. The summed E-state index contributed by atoms with van der Waals surface area (Å²) in [5.74, 6) is -3.31. The lowest BCUT2D eigenvalue weighted by atomic mass is 9.75. The molecule has 1 spiro atoms. The van der Waals surface area contributed by atoms with E-state index >= 15 is 0 Å². The third kappa shape index (κ3) is 14.0. The van der Waals surface area contributed by atoms with Crippen LogP contribution in [0.2, 0.25) is 0 Å². The molecular formula is C64H68N4O8S2. The fourth-order valence-electron chi connectivity index (χ4n) is 10.0. The minimum atomic E-state index is -1.37. The molecule has 2 fully saturated rings. The van der Waals surface area contributed by atoms with Crippen LogP contribution < -0.4 is 21.3 Å². The lowest BCUT2D eigenvalue weighted by Crippen LogP contribution is -2.66. The van der Waals surface area contributed by atoms with Gasteiger partial charge >= 0.3 is 11.9 Å². The average molecular weight is 1090 g/mol. The Morgan fingerprint density at radius 1 is 0.615 bits per heavy atom. The standard InChI is InChI=1S/C64H68N4O8S2/c1-61(2,3)76-56(70)39-38-53-58(72)67-54(45-78-64(49-31-16-7-17-32-49,50-33-18-8-19-34-50)51-35-20-9-21-36-51)59(73)68-62(40-24-41-62)60(74)65-44-57(71)75-52(43-55(69)66-53)37-22-23-42-77-63(46-25-10-4-11-26-46,47-27-12-5-13-28-47)48-29-14-6-15-30-48/h4-22,25-37,52-54H,23-24,38-45H2,1-3H3,(H,65,74)(H,66,69)(H,67,72)(H,68,73)/b37-22+/t52-,53+,54-/m0/s1. The quantitative estimate of drug-likeness (QED) is 0.0299. The maximum Gasteiger partial charge on any atom is 0.326 e. The van der Waals surface area contributed by atoms with Crippen molar-refractivity contribution in [3.8, 4) is 0 Å². The Bertz CT molecular complexity index is 2800. The van der Waals surface area contributed by atoms with E-state index in [1.165, 1.54) is 11.8 Å². The van der Waals surface area contributed by atoms with Gasteiger partial charge in [0.05, 0.1) is 15.9 Å². The van der Waals surface area contributed by atoms with Crippen LogP contribution in [0.25, 0.3) is 0 Å². The van der Waals surface area contributed by atoms with Crippen LogP contribution in [0.5, 0.6) is 0 Å². The SMILES string of the molecule is CC(C)(C)OC(=O)CC[C@H]1NC(=O)C[C@H](/C=C/CCSC(c2ccccc2)(c2ccccc2)c2ccccc2)OC(=O)CNC(=O)C2(CCC2)NC(=O)[C@H](CSC(c2ccccc2)(c2ccccc2)c2ccccc2)NC1=O. The van der Waals surface area contributed by atoms with Crippen LogP contribution in [0.15, 0.2) is 194 Å². The molecule has 4 amide bonds. The number of carbonyl (C=O) groups is 6. The van der Waals surface area contributed by atoms with Gasteiger partial charge in [0.25, 0.3) is 0 Å².